The summed E-state index contributed by atoms with van der Waals surface area (Å²) in [6, 6.07) is 5.96. The van der Waals surface area contributed by atoms with Gasteiger partial charge in [-0.3, -0.25) is 9.59 Å². The number of carbonyl (C=O) groups excluding carboxylic acids is 2. The second kappa shape index (κ2) is 5.57. The molecule has 0 aliphatic carbocycles. The third-order valence-corrected chi connectivity index (χ3v) is 3.99. The summed E-state index contributed by atoms with van der Waals surface area (Å²) in [7, 11) is 0. The molecule has 0 atom stereocenters. The molecular formula is C13H11FN4O2S. The molecule has 1 fully saturated rings. The van der Waals surface area contributed by atoms with Gasteiger partial charge in [-0.15, -0.1) is 10.2 Å². The van der Waals surface area contributed by atoms with Crippen LogP contribution in [0.3, 0.4) is 0 Å². The highest BCUT2D eigenvalue weighted by Crippen LogP contribution is 2.24. The van der Waals surface area contributed by atoms with Crippen molar-refractivity contribution in [3.63, 3.8) is 0 Å². The number of hydrogen-bond donors (Lipinski definition) is 1. The fourth-order valence-electron chi connectivity index (χ4n) is 1.97. The summed E-state index contributed by atoms with van der Waals surface area (Å²) in [5.41, 5.74) is 0.767. The maximum Gasteiger partial charge on any atom is 0.312 e. The molecule has 2 amide bonds. The molecule has 21 heavy (non-hydrogen) atoms. The van der Waals surface area contributed by atoms with E-state index in [2.05, 4.69) is 15.5 Å². The molecule has 1 aromatic carbocycles. The number of amides is 2. The van der Waals surface area contributed by atoms with Crippen molar-refractivity contribution in [2.24, 2.45) is 0 Å². The van der Waals surface area contributed by atoms with Crippen LogP contribution in [0, 0.1) is 5.82 Å². The molecule has 1 aliphatic heterocycles. The SMILES string of the molecule is O=C1NCCN(Cc2nnc(-c3ccc(F)cc3)s2)C1=O. The predicted molar refractivity (Wildman–Crippen MR) is 73.7 cm³/mol. The van der Waals surface area contributed by atoms with E-state index in [0.717, 1.165) is 5.56 Å². The van der Waals surface area contributed by atoms with Gasteiger partial charge in [0, 0.05) is 18.7 Å². The van der Waals surface area contributed by atoms with E-state index >= 15 is 0 Å². The van der Waals surface area contributed by atoms with Crippen LogP contribution in [0.1, 0.15) is 5.01 Å². The molecule has 0 spiro atoms. The molecule has 2 heterocycles. The Morgan fingerprint density at radius 1 is 1.24 bits per heavy atom. The lowest BCUT2D eigenvalue weighted by Gasteiger charge is -2.25. The Kier molecular flexibility index (Phi) is 3.61. The van der Waals surface area contributed by atoms with E-state index < -0.39 is 11.8 Å². The van der Waals surface area contributed by atoms with Gasteiger partial charge in [-0.25, -0.2) is 4.39 Å². The summed E-state index contributed by atoms with van der Waals surface area (Å²) in [4.78, 5) is 24.4. The second-order valence-corrected chi connectivity index (χ2v) is 5.55. The topological polar surface area (TPSA) is 75.2 Å². The summed E-state index contributed by atoms with van der Waals surface area (Å²) in [6.07, 6.45) is 0. The fraction of sp³-hybridized carbons (Fsp3) is 0.231. The highest BCUT2D eigenvalue weighted by Gasteiger charge is 2.26. The average molecular weight is 306 g/mol. The molecule has 1 N–H and O–H groups in total. The molecule has 1 aromatic heterocycles. The normalized spacial score (nSPS) is 15.2. The van der Waals surface area contributed by atoms with Crippen LogP contribution >= 0.6 is 11.3 Å². The van der Waals surface area contributed by atoms with E-state index in [4.69, 9.17) is 0 Å². The Balaban J connectivity index is 1.74. The van der Waals surface area contributed by atoms with Crippen molar-refractivity contribution >= 4 is 23.2 Å². The zero-order valence-corrected chi connectivity index (χ0v) is 11.7. The molecule has 0 saturated carbocycles. The quantitative estimate of drug-likeness (QED) is 0.851. The van der Waals surface area contributed by atoms with E-state index in [9.17, 15) is 14.0 Å². The summed E-state index contributed by atoms with van der Waals surface area (Å²) < 4.78 is 12.9. The van der Waals surface area contributed by atoms with Crippen LogP contribution in [-0.4, -0.2) is 40.0 Å². The number of aromatic nitrogens is 2. The van der Waals surface area contributed by atoms with Crippen LogP contribution in [0.15, 0.2) is 24.3 Å². The maximum atomic E-state index is 12.9. The van der Waals surface area contributed by atoms with Gasteiger partial charge in [-0.1, -0.05) is 11.3 Å². The van der Waals surface area contributed by atoms with E-state index in [1.54, 1.807) is 12.1 Å². The van der Waals surface area contributed by atoms with Crippen molar-refractivity contribution in [1.82, 2.24) is 20.4 Å². The third kappa shape index (κ3) is 2.89. The number of nitrogens with one attached hydrogen (secondary N) is 1. The van der Waals surface area contributed by atoms with Crippen LogP contribution in [-0.2, 0) is 16.1 Å². The minimum atomic E-state index is -0.593. The first-order chi connectivity index (χ1) is 10.1. The Labute approximate surface area is 123 Å². The minimum Gasteiger partial charge on any atom is -0.346 e. The number of piperazine rings is 1. The molecule has 1 saturated heterocycles. The minimum absolute atomic E-state index is 0.255. The molecule has 8 heteroatoms. The van der Waals surface area contributed by atoms with Crippen molar-refractivity contribution in [3.8, 4) is 10.6 Å². The zero-order chi connectivity index (χ0) is 14.8. The van der Waals surface area contributed by atoms with Gasteiger partial charge in [0.1, 0.15) is 15.8 Å². The first kappa shape index (κ1) is 13.6. The summed E-state index contributed by atoms with van der Waals surface area (Å²) in [5, 5.41) is 11.8. The molecule has 3 rings (SSSR count). The van der Waals surface area contributed by atoms with Crippen molar-refractivity contribution in [3.05, 3.63) is 35.1 Å². The molecule has 1 aliphatic rings. The molecule has 2 aromatic rings. The lowest BCUT2D eigenvalue weighted by molar-refractivity contribution is -0.148. The molecule has 0 unspecified atom stereocenters. The van der Waals surface area contributed by atoms with Gasteiger partial charge in [-0.2, -0.15) is 0 Å². The highest BCUT2D eigenvalue weighted by molar-refractivity contribution is 7.14. The van der Waals surface area contributed by atoms with Gasteiger partial charge in [0.15, 0.2) is 0 Å². The first-order valence-electron chi connectivity index (χ1n) is 6.29. The van der Waals surface area contributed by atoms with Gasteiger partial charge in [0.2, 0.25) is 0 Å². The van der Waals surface area contributed by atoms with Crippen molar-refractivity contribution in [2.75, 3.05) is 13.1 Å². The smallest absolute Gasteiger partial charge is 0.312 e. The van der Waals surface area contributed by atoms with Crippen LogP contribution in [0.25, 0.3) is 10.6 Å². The standard InChI is InChI=1S/C13H11FN4O2S/c14-9-3-1-8(2-4-9)12-17-16-10(21-12)7-18-6-5-15-11(19)13(18)20/h1-4H,5-7H2,(H,15,19). The third-order valence-electron chi connectivity index (χ3n) is 3.03. The number of rotatable bonds is 3. The maximum absolute atomic E-state index is 12.9. The number of benzene rings is 1. The Morgan fingerprint density at radius 2 is 2.00 bits per heavy atom. The molecule has 108 valence electrons. The van der Waals surface area contributed by atoms with Crippen LogP contribution in [0.4, 0.5) is 4.39 Å². The Hall–Kier alpha value is -2.35. The van der Waals surface area contributed by atoms with E-state index in [1.165, 1.54) is 28.4 Å². The molecule has 0 bridgehead atoms. The number of hydrogen-bond acceptors (Lipinski definition) is 5. The van der Waals surface area contributed by atoms with Crippen LogP contribution in [0.2, 0.25) is 0 Å². The summed E-state index contributed by atoms with van der Waals surface area (Å²) in [5.74, 6) is -1.46. The van der Waals surface area contributed by atoms with Crippen molar-refractivity contribution in [1.29, 1.82) is 0 Å². The fourth-order valence-corrected chi connectivity index (χ4v) is 2.83. The van der Waals surface area contributed by atoms with E-state index in [1.807, 2.05) is 0 Å². The summed E-state index contributed by atoms with van der Waals surface area (Å²) >= 11 is 1.32. The lowest BCUT2D eigenvalue weighted by Crippen LogP contribution is -2.51. The first-order valence-corrected chi connectivity index (χ1v) is 7.10. The number of carbonyl (C=O) groups is 2. The van der Waals surface area contributed by atoms with Gasteiger partial charge < -0.3 is 10.2 Å². The van der Waals surface area contributed by atoms with E-state index in [0.29, 0.717) is 23.1 Å². The monoisotopic (exact) mass is 306 g/mol. The number of halogens is 1. The summed E-state index contributed by atoms with van der Waals surface area (Å²) in [6.45, 7) is 1.15. The second-order valence-electron chi connectivity index (χ2n) is 4.49. The number of nitrogens with zero attached hydrogens (tertiary/aromatic N) is 3. The largest absolute Gasteiger partial charge is 0.346 e. The highest BCUT2D eigenvalue weighted by atomic mass is 32.1. The Morgan fingerprint density at radius 3 is 2.76 bits per heavy atom. The predicted octanol–water partition coefficient (Wildman–Crippen LogP) is 0.803. The van der Waals surface area contributed by atoms with E-state index in [-0.39, 0.29) is 12.4 Å². The van der Waals surface area contributed by atoms with Crippen LogP contribution < -0.4 is 5.32 Å². The van der Waals surface area contributed by atoms with Gasteiger partial charge >= 0.3 is 11.8 Å². The van der Waals surface area contributed by atoms with Crippen molar-refractivity contribution in [2.45, 2.75) is 6.54 Å². The molecular weight excluding hydrogens is 295 g/mol. The average Bonchev–Trinajstić information content (AvgIpc) is 2.93. The van der Waals surface area contributed by atoms with Gasteiger partial charge in [0.25, 0.3) is 0 Å². The molecule has 6 nitrogen and oxygen atoms in total. The Bertz CT molecular complexity index is 686. The van der Waals surface area contributed by atoms with Crippen LogP contribution in [0.5, 0.6) is 0 Å². The lowest BCUT2D eigenvalue weighted by atomic mass is 10.2. The molecule has 0 radical (unpaired) electrons. The zero-order valence-electron chi connectivity index (χ0n) is 10.9. The van der Waals surface area contributed by atoms with Crippen molar-refractivity contribution < 1.29 is 14.0 Å². The van der Waals surface area contributed by atoms with Gasteiger partial charge in [-0.05, 0) is 24.3 Å². The van der Waals surface area contributed by atoms with Gasteiger partial charge in [0.05, 0.1) is 6.54 Å².